The predicted octanol–water partition coefficient (Wildman–Crippen LogP) is 3.70. The molecule has 86 valence electrons. The van der Waals surface area contributed by atoms with Crippen molar-refractivity contribution in [1.82, 2.24) is 0 Å². The molecule has 0 aromatic heterocycles. The molecule has 0 bridgehead atoms. The van der Waals surface area contributed by atoms with E-state index in [0.717, 1.165) is 11.3 Å². The van der Waals surface area contributed by atoms with Gasteiger partial charge in [-0.1, -0.05) is 31.5 Å². The van der Waals surface area contributed by atoms with Gasteiger partial charge in [0.25, 0.3) is 0 Å². The largest absolute Gasteiger partial charge is 0.490 e. The van der Waals surface area contributed by atoms with Crippen LogP contribution in [0.4, 0.5) is 0 Å². The monoisotopic (exact) mass is 230 g/mol. The van der Waals surface area contributed by atoms with Crippen molar-refractivity contribution < 1.29 is 9.47 Å². The number of rotatable bonds is 4. The summed E-state index contributed by atoms with van der Waals surface area (Å²) in [6.07, 6.45) is 0. The lowest BCUT2D eigenvalue weighted by molar-refractivity contribution is 0.146. The smallest absolute Gasteiger partial charge is 0.138 e. The summed E-state index contributed by atoms with van der Waals surface area (Å²) in [5, 5.41) is 0.640. The highest BCUT2D eigenvalue weighted by molar-refractivity contribution is 6.32. The van der Waals surface area contributed by atoms with Crippen LogP contribution < -0.4 is 4.74 Å². The van der Waals surface area contributed by atoms with Gasteiger partial charge in [0.2, 0.25) is 0 Å². The summed E-state index contributed by atoms with van der Waals surface area (Å²) < 4.78 is 10.3. The van der Waals surface area contributed by atoms with Gasteiger partial charge in [0.1, 0.15) is 12.4 Å². The highest BCUT2D eigenvalue weighted by Crippen LogP contribution is 2.24. The Hall–Kier alpha value is -0.730. The first kappa shape index (κ1) is 14.3. The van der Waals surface area contributed by atoms with Crippen LogP contribution >= 0.6 is 11.6 Å². The zero-order valence-electron chi connectivity index (χ0n) is 9.84. The molecular weight excluding hydrogens is 212 g/mol. The van der Waals surface area contributed by atoms with Crippen molar-refractivity contribution in [2.24, 2.45) is 0 Å². The molecule has 2 nitrogen and oxygen atoms in total. The quantitative estimate of drug-likeness (QED) is 0.735. The number of ether oxygens (including phenoxy) is 2. The maximum atomic E-state index is 5.91. The van der Waals surface area contributed by atoms with Crippen LogP contribution in [0.3, 0.4) is 0 Å². The lowest BCUT2D eigenvalue weighted by atomic mass is 10.2. The van der Waals surface area contributed by atoms with Crippen molar-refractivity contribution in [2.75, 3.05) is 20.3 Å². The van der Waals surface area contributed by atoms with Crippen molar-refractivity contribution in [3.63, 3.8) is 0 Å². The fourth-order valence-electron chi connectivity index (χ4n) is 0.956. The van der Waals surface area contributed by atoms with Gasteiger partial charge in [0.05, 0.1) is 11.6 Å². The van der Waals surface area contributed by atoms with Crippen molar-refractivity contribution >= 4 is 11.6 Å². The van der Waals surface area contributed by atoms with Crippen LogP contribution in [0.1, 0.15) is 19.4 Å². The van der Waals surface area contributed by atoms with Gasteiger partial charge in [-0.25, -0.2) is 0 Å². The summed E-state index contributed by atoms with van der Waals surface area (Å²) >= 11 is 5.91. The molecule has 0 radical (unpaired) electrons. The third kappa shape index (κ3) is 5.65. The molecule has 3 heteroatoms. The molecule has 0 amide bonds. The summed E-state index contributed by atoms with van der Waals surface area (Å²) in [7, 11) is 1.64. The predicted molar refractivity (Wildman–Crippen MR) is 64.9 cm³/mol. The van der Waals surface area contributed by atoms with E-state index in [9.17, 15) is 0 Å². The van der Waals surface area contributed by atoms with E-state index in [1.165, 1.54) is 0 Å². The summed E-state index contributed by atoms with van der Waals surface area (Å²) in [5.74, 6) is 0.721. The van der Waals surface area contributed by atoms with Crippen LogP contribution in [0.5, 0.6) is 5.75 Å². The number of methoxy groups -OCH3 is 1. The molecule has 1 rings (SSSR count). The molecule has 0 saturated carbocycles. The molecule has 0 aliphatic carbocycles. The summed E-state index contributed by atoms with van der Waals surface area (Å²) in [5.41, 5.74) is 1.14. The van der Waals surface area contributed by atoms with E-state index in [-0.39, 0.29) is 0 Å². The molecule has 0 aliphatic heterocycles. The first-order valence-corrected chi connectivity index (χ1v) is 5.49. The molecule has 0 aliphatic rings. The van der Waals surface area contributed by atoms with Crippen LogP contribution in [-0.4, -0.2) is 20.3 Å². The van der Waals surface area contributed by atoms with Crippen LogP contribution in [0, 0.1) is 6.92 Å². The lowest BCUT2D eigenvalue weighted by Crippen LogP contribution is -2.04. The van der Waals surface area contributed by atoms with E-state index in [2.05, 4.69) is 0 Å². The number of hydrogen-bond acceptors (Lipinski definition) is 2. The summed E-state index contributed by atoms with van der Waals surface area (Å²) in [4.78, 5) is 0. The molecule has 0 unspecified atom stereocenters. The first-order chi connectivity index (χ1) is 7.24. The molecule has 1 aromatic carbocycles. The van der Waals surface area contributed by atoms with Crippen LogP contribution in [-0.2, 0) is 4.74 Å². The minimum absolute atomic E-state index is 0.527. The second-order valence-electron chi connectivity index (χ2n) is 2.78. The third-order valence-electron chi connectivity index (χ3n) is 1.63. The number of benzene rings is 1. The van der Waals surface area contributed by atoms with E-state index >= 15 is 0 Å². The van der Waals surface area contributed by atoms with Crippen LogP contribution in [0.15, 0.2) is 18.2 Å². The number of hydrogen-bond donors (Lipinski definition) is 0. The van der Waals surface area contributed by atoms with E-state index in [1.54, 1.807) is 7.11 Å². The molecule has 0 heterocycles. The van der Waals surface area contributed by atoms with E-state index in [4.69, 9.17) is 21.1 Å². The minimum Gasteiger partial charge on any atom is -0.490 e. The Kier molecular flexibility index (Phi) is 8.15. The number of halogens is 1. The zero-order chi connectivity index (χ0) is 11.7. The molecule has 1 aromatic rings. The second kappa shape index (κ2) is 8.57. The van der Waals surface area contributed by atoms with Gasteiger partial charge in [-0.15, -0.1) is 0 Å². The highest BCUT2D eigenvalue weighted by Gasteiger charge is 2.00. The normalized spacial score (nSPS) is 9.13. The number of aryl methyl sites for hydroxylation is 1. The Morgan fingerprint density at radius 1 is 1.20 bits per heavy atom. The molecule has 15 heavy (non-hydrogen) atoms. The molecule has 0 N–H and O–H groups in total. The fourth-order valence-corrected chi connectivity index (χ4v) is 1.13. The Balaban J connectivity index is 0.000000921. The van der Waals surface area contributed by atoms with Gasteiger partial charge in [-0.2, -0.15) is 0 Å². The average Bonchev–Trinajstić information content (AvgIpc) is 2.26. The maximum Gasteiger partial charge on any atom is 0.138 e. The topological polar surface area (TPSA) is 18.5 Å². The van der Waals surface area contributed by atoms with Crippen molar-refractivity contribution in [3.05, 3.63) is 28.8 Å². The lowest BCUT2D eigenvalue weighted by Gasteiger charge is -2.07. The van der Waals surface area contributed by atoms with Gasteiger partial charge in [-0.3, -0.25) is 0 Å². The van der Waals surface area contributed by atoms with Crippen molar-refractivity contribution in [2.45, 2.75) is 20.8 Å². The standard InChI is InChI=1S/C10H13ClO2.C2H6/c1-8-3-4-9(11)10(7-8)13-6-5-12-2;1-2/h3-4,7H,5-6H2,1-2H3;1-2H3. The Labute approximate surface area is 97.2 Å². The summed E-state index contributed by atoms with van der Waals surface area (Å²) in [6, 6.07) is 5.70. The molecule has 0 atom stereocenters. The zero-order valence-corrected chi connectivity index (χ0v) is 10.6. The molecule has 0 spiro atoms. The highest BCUT2D eigenvalue weighted by atomic mass is 35.5. The Morgan fingerprint density at radius 2 is 1.87 bits per heavy atom. The first-order valence-electron chi connectivity index (χ1n) is 5.12. The van der Waals surface area contributed by atoms with E-state index in [1.807, 2.05) is 39.0 Å². The minimum atomic E-state index is 0.527. The van der Waals surface area contributed by atoms with Crippen LogP contribution in [0.2, 0.25) is 5.02 Å². The maximum absolute atomic E-state index is 5.91. The van der Waals surface area contributed by atoms with Gasteiger partial charge in [0, 0.05) is 7.11 Å². The molecule has 0 saturated heterocycles. The van der Waals surface area contributed by atoms with Crippen LogP contribution in [0.25, 0.3) is 0 Å². The van der Waals surface area contributed by atoms with Crippen molar-refractivity contribution in [1.29, 1.82) is 0 Å². The van der Waals surface area contributed by atoms with E-state index < -0.39 is 0 Å². The fraction of sp³-hybridized carbons (Fsp3) is 0.500. The Morgan fingerprint density at radius 3 is 2.47 bits per heavy atom. The van der Waals surface area contributed by atoms with Gasteiger partial charge >= 0.3 is 0 Å². The van der Waals surface area contributed by atoms with E-state index in [0.29, 0.717) is 18.2 Å². The SMILES string of the molecule is CC.COCCOc1cc(C)ccc1Cl. The van der Waals surface area contributed by atoms with Gasteiger partial charge in [-0.05, 0) is 24.6 Å². The summed E-state index contributed by atoms with van der Waals surface area (Å²) in [6.45, 7) is 7.10. The molecule has 0 fully saturated rings. The Bertz CT molecular complexity index is 274. The second-order valence-corrected chi connectivity index (χ2v) is 3.18. The van der Waals surface area contributed by atoms with Gasteiger partial charge in [0.15, 0.2) is 0 Å². The third-order valence-corrected chi connectivity index (χ3v) is 1.94. The molecular formula is C12H19ClO2. The van der Waals surface area contributed by atoms with Gasteiger partial charge < -0.3 is 9.47 Å². The average molecular weight is 231 g/mol. The van der Waals surface area contributed by atoms with Crippen molar-refractivity contribution in [3.8, 4) is 5.75 Å².